The average Bonchev–Trinajstić information content (AvgIpc) is 2.68. The first-order valence-electron chi connectivity index (χ1n) is 6.52. The maximum atomic E-state index is 5.68. The van der Waals surface area contributed by atoms with Gasteiger partial charge in [-0.25, -0.2) is 5.43 Å². The van der Waals surface area contributed by atoms with Gasteiger partial charge in [-0.2, -0.15) is 0 Å². The molecule has 1 aromatic rings. The standard InChI is InChI=1S/C14H22N2O/c1-11-9-10-13(17-11)14(16-15)12-7-5-3-2-4-6-8-12/h7,9-10,14,16H,2-6,8,15H2,1H3/b12-7+. The molecule has 1 heterocycles. The SMILES string of the molecule is Cc1ccc(C(NN)/C2=C/CCCCCC2)o1. The van der Waals surface area contributed by atoms with Crippen LogP contribution in [0, 0.1) is 6.92 Å². The van der Waals surface area contributed by atoms with Crippen molar-refractivity contribution in [1.82, 2.24) is 5.43 Å². The summed E-state index contributed by atoms with van der Waals surface area (Å²) in [7, 11) is 0. The third-order valence-corrected chi connectivity index (χ3v) is 3.41. The Balaban J connectivity index is 2.16. The van der Waals surface area contributed by atoms with Crippen molar-refractivity contribution in [1.29, 1.82) is 0 Å². The zero-order valence-electron chi connectivity index (χ0n) is 10.5. The summed E-state index contributed by atoms with van der Waals surface area (Å²) >= 11 is 0. The monoisotopic (exact) mass is 234 g/mol. The van der Waals surface area contributed by atoms with Crippen LogP contribution in [0.25, 0.3) is 0 Å². The lowest BCUT2D eigenvalue weighted by atomic mass is 9.94. The van der Waals surface area contributed by atoms with E-state index in [1.165, 1.54) is 31.3 Å². The molecule has 0 amide bonds. The fourth-order valence-corrected chi connectivity index (χ4v) is 2.46. The predicted molar refractivity (Wildman–Crippen MR) is 69.3 cm³/mol. The molecule has 1 aliphatic carbocycles. The van der Waals surface area contributed by atoms with Crippen LogP contribution >= 0.6 is 0 Å². The summed E-state index contributed by atoms with van der Waals surface area (Å²) in [6, 6.07) is 4.05. The van der Waals surface area contributed by atoms with Gasteiger partial charge in [-0.1, -0.05) is 18.9 Å². The first kappa shape index (κ1) is 12.4. The van der Waals surface area contributed by atoms with Crippen LogP contribution in [0.2, 0.25) is 0 Å². The van der Waals surface area contributed by atoms with Crippen LogP contribution in [0.5, 0.6) is 0 Å². The fourth-order valence-electron chi connectivity index (χ4n) is 2.46. The van der Waals surface area contributed by atoms with E-state index in [0.29, 0.717) is 0 Å². The Morgan fingerprint density at radius 2 is 2.06 bits per heavy atom. The highest BCUT2D eigenvalue weighted by Gasteiger charge is 2.18. The Labute approximate surface area is 103 Å². The van der Waals surface area contributed by atoms with Gasteiger partial charge in [0.1, 0.15) is 11.5 Å². The molecule has 0 saturated carbocycles. The van der Waals surface area contributed by atoms with Crippen molar-refractivity contribution in [3.8, 4) is 0 Å². The van der Waals surface area contributed by atoms with Gasteiger partial charge >= 0.3 is 0 Å². The minimum Gasteiger partial charge on any atom is -0.464 e. The van der Waals surface area contributed by atoms with Gasteiger partial charge in [0, 0.05) is 0 Å². The molecule has 1 aliphatic rings. The Morgan fingerprint density at radius 3 is 2.76 bits per heavy atom. The Hall–Kier alpha value is -1.06. The quantitative estimate of drug-likeness (QED) is 0.479. The van der Waals surface area contributed by atoms with E-state index in [9.17, 15) is 0 Å². The molecule has 0 bridgehead atoms. The fraction of sp³-hybridized carbons (Fsp3) is 0.571. The molecule has 1 aromatic heterocycles. The number of nitrogens with one attached hydrogen (secondary N) is 1. The van der Waals surface area contributed by atoms with Crippen molar-refractivity contribution < 1.29 is 4.42 Å². The minimum atomic E-state index is 0.0433. The third kappa shape index (κ3) is 3.20. The Kier molecular flexibility index (Phi) is 4.40. The highest BCUT2D eigenvalue weighted by molar-refractivity contribution is 5.22. The van der Waals surface area contributed by atoms with Crippen molar-refractivity contribution in [2.45, 2.75) is 51.5 Å². The van der Waals surface area contributed by atoms with Gasteiger partial charge in [-0.05, 0) is 50.3 Å². The number of furan rings is 1. The molecule has 0 saturated heterocycles. The third-order valence-electron chi connectivity index (χ3n) is 3.41. The Bertz CT molecular complexity index is 381. The van der Waals surface area contributed by atoms with E-state index in [2.05, 4.69) is 11.5 Å². The van der Waals surface area contributed by atoms with Crippen LogP contribution in [0.4, 0.5) is 0 Å². The highest BCUT2D eigenvalue weighted by atomic mass is 16.3. The lowest BCUT2D eigenvalue weighted by Crippen LogP contribution is -2.29. The summed E-state index contributed by atoms with van der Waals surface area (Å²) in [5, 5.41) is 0. The number of aryl methyl sites for hydroxylation is 1. The average molecular weight is 234 g/mol. The lowest BCUT2D eigenvalue weighted by Gasteiger charge is -2.19. The molecule has 0 radical (unpaired) electrons. The number of hydrogen-bond acceptors (Lipinski definition) is 3. The molecular weight excluding hydrogens is 212 g/mol. The molecule has 0 aliphatic heterocycles. The maximum absolute atomic E-state index is 5.68. The van der Waals surface area contributed by atoms with Gasteiger partial charge in [0.05, 0.1) is 6.04 Å². The molecule has 2 rings (SSSR count). The summed E-state index contributed by atoms with van der Waals surface area (Å²) in [6.45, 7) is 1.96. The molecule has 3 nitrogen and oxygen atoms in total. The van der Waals surface area contributed by atoms with E-state index in [1.54, 1.807) is 0 Å². The molecular formula is C14H22N2O. The molecule has 3 N–H and O–H groups in total. The van der Waals surface area contributed by atoms with Gasteiger partial charge in [-0.15, -0.1) is 0 Å². The number of allylic oxidation sites excluding steroid dienone is 1. The largest absolute Gasteiger partial charge is 0.464 e. The van der Waals surface area contributed by atoms with Crippen LogP contribution in [0.1, 0.15) is 56.1 Å². The molecule has 1 unspecified atom stereocenters. The van der Waals surface area contributed by atoms with Crippen molar-refractivity contribution in [3.05, 3.63) is 35.3 Å². The topological polar surface area (TPSA) is 51.2 Å². The number of hydrogen-bond donors (Lipinski definition) is 2. The second kappa shape index (κ2) is 6.03. The molecule has 3 heteroatoms. The second-order valence-electron chi connectivity index (χ2n) is 4.78. The summed E-state index contributed by atoms with van der Waals surface area (Å²) in [4.78, 5) is 0. The molecule has 0 fully saturated rings. The molecule has 17 heavy (non-hydrogen) atoms. The van der Waals surface area contributed by atoms with Crippen molar-refractivity contribution in [3.63, 3.8) is 0 Å². The molecule has 94 valence electrons. The van der Waals surface area contributed by atoms with E-state index < -0.39 is 0 Å². The van der Waals surface area contributed by atoms with E-state index in [4.69, 9.17) is 10.3 Å². The van der Waals surface area contributed by atoms with E-state index in [0.717, 1.165) is 24.4 Å². The maximum Gasteiger partial charge on any atom is 0.126 e. The second-order valence-corrected chi connectivity index (χ2v) is 4.78. The lowest BCUT2D eigenvalue weighted by molar-refractivity contribution is 0.422. The first-order chi connectivity index (χ1) is 8.31. The number of hydrazine groups is 1. The van der Waals surface area contributed by atoms with Crippen molar-refractivity contribution in [2.24, 2.45) is 5.84 Å². The molecule has 1 atom stereocenters. The van der Waals surface area contributed by atoms with Gasteiger partial charge in [0.15, 0.2) is 0 Å². The van der Waals surface area contributed by atoms with Gasteiger partial charge in [0.2, 0.25) is 0 Å². The molecule has 0 spiro atoms. The van der Waals surface area contributed by atoms with Crippen molar-refractivity contribution in [2.75, 3.05) is 0 Å². The van der Waals surface area contributed by atoms with Crippen LogP contribution in [-0.2, 0) is 0 Å². The van der Waals surface area contributed by atoms with E-state index in [-0.39, 0.29) is 6.04 Å². The highest BCUT2D eigenvalue weighted by Crippen LogP contribution is 2.29. The summed E-state index contributed by atoms with van der Waals surface area (Å²) in [5.74, 6) is 7.55. The summed E-state index contributed by atoms with van der Waals surface area (Å²) in [6.07, 6.45) is 9.83. The van der Waals surface area contributed by atoms with E-state index >= 15 is 0 Å². The van der Waals surface area contributed by atoms with Crippen LogP contribution in [0.15, 0.2) is 28.2 Å². The summed E-state index contributed by atoms with van der Waals surface area (Å²) in [5.41, 5.74) is 4.26. The van der Waals surface area contributed by atoms with Gasteiger partial charge in [0.25, 0.3) is 0 Å². The zero-order valence-corrected chi connectivity index (χ0v) is 10.5. The van der Waals surface area contributed by atoms with Crippen LogP contribution in [-0.4, -0.2) is 0 Å². The predicted octanol–water partition coefficient (Wildman–Crippen LogP) is 3.37. The molecule has 0 aromatic carbocycles. The van der Waals surface area contributed by atoms with Crippen LogP contribution < -0.4 is 11.3 Å². The van der Waals surface area contributed by atoms with Crippen molar-refractivity contribution >= 4 is 0 Å². The van der Waals surface area contributed by atoms with Gasteiger partial charge in [-0.3, -0.25) is 5.84 Å². The van der Waals surface area contributed by atoms with Crippen LogP contribution in [0.3, 0.4) is 0 Å². The number of nitrogens with two attached hydrogens (primary N) is 1. The number of rotatable bonds is 3. The summed E-state index contributed by atoms with van der Waals surface area (Å²) < 4.78 is 5.68. The van der Waals surface area contributed by atoms with Gasteiger partial charge < -0.3 is 4.42 Å². The smallest absolute Gasteiger partial charge is 0.126 e. The Morgan fingerprint density at radius 1 is 1.24 bits per heavy atom. The minimum absolute atomic E-state index is 0.0433. The van der Waals surface area contributed by atoms with E-state index in [1.807, 2.05) is 19.1 Å². The first-order valence-corrected chi connectivity index (χ1v) is 6.52. The normalized spacial score (nSPS) is 22.4. The zero-order chi connectivity index (χ0) is 12.1.